The lowest BCUT2D eigenvalue weighted by Crippen LogP contribution is -2.27. The van der Waals surface area contributed by atoms with Gasteiger partial charge in [-0.1, -0.05) is 37.9 Å². The number of carbonyl (C=O) groups excluding carboxylic acids is 1. The quantitative estimate of drug-likeness (QED) is 0.555. The summed E-state index contributed by atoms with van der Waals surface area (Å²) < 4.78 is 10.7. The summed E-state index contributed by atoms with van der Waals surface area (Å²) in [6.45, 7) is 5.42. The summed E-state index contributed by atoms with van der Waals surface area (Å²) >= 11 is 6.82. The van der Waals surface area contributed by atoms with E-state index in [0.717, 1.165) is 21.8 Å². The minimum absolute atomic E-state index is 0.0786. The van der Waals surface area contributed by atoms with Gasteiger partial charge in [0, 0.05) is 10.7 Å². The van der Waals surface area contributed by atoms with Gasteiger partial charge in [-0.05, 0) is 44.0 Å². The molecule has 0 amide bonds. The Morgan fingerprint density at radius 1 is 1.11 bits per heavy atom. The maximum absolute atomic E-state index is 11.6. The molecule has 0 spiro atoms. The van der Waals surface area contributed by atoms with E-state index in [1.165, 1.54) is 0 Å². The van der Waals surface area contributed by atoms with Crippen molar-refractivity contribution >= 4 is 37.8 Å². The molecule has 0 aliphatic carbocycles. The van der Waals surface area contributed by atoms with Crippen molar-refractivity contribution in [2.75, 3.05) is 6.61 Å². The molecule has 0 saturated carbocycles. The van der Waals surface area contributed by atoms with Gasteiger partial charge in [0.15, 0.2) is 6.61 Å². The van der Waals surface area contributed by atoms with Gasteiger partial charge in [0.25, 0.3) is 0 Å². The van der Waals surface area contributed by atoms with Crippen LogP contribution < -0.4 is 4.74 Å². The molecule has 0 unspecified atom stereocenters. The number of hydrogen-bond donors (Lipinski definition) is 0. The summed E-state index contributed by atoms with van der Waals surface area (Å²) in [7, 11) is 0. The van der Waals surface area contributed by atoms with Gasteiger partial charge in [-0.25, -0.2) is 4.79 Å². The van der Waals surface area contributed by atoms with Gasteiger partial charge in [0.2, 0.25) is 0 Å². The first-order valence-corrected chi connectivity index (χ1v) is 8.18. The van der Waals surface area contributed by atoms with Crippen LogP contribution in [0.25, 0.3) is 0 Å². The molecule has 5 heteroatoms. The normalized spacial score (nSPS) is 11.2. The summed E-state index contributed by atoms with van der Waals surface area (Å²) in [5, 5.41) is 1.49. The van der Waals surface area contributed by atoms with Crippen molar-refractivity contribution in [2.45, 2.75) is 37.0 Å². The van der Waals surface area contributed by atoms with Crippen molar-refractivity contribution in [3.8, 4) is 5.75 Å². The second kappa shape index (κ2) is 7.29. The van der Waals surface area contributed by atoms with Crippen LogP contribution in [0, 0.1) is 0 Å². The molecular formula is C14H18Br2O3. The highest BCUT2D eigenvalue weighted by Gasteiger charge is 2.16. The van der Waals surface area contributed by atoms with Gasteiger partial charge in [-0.2, -0.15) is 0 Å². The summed E-state index contributed by atoms with van der Waals surface area (Å²) in [5.41, 5.74) is 1.73. The van der Waals surface area contributed by atoms with Gasteiger partial charge < -0.3 is 9.47 Å². The molecule has 0 N–H and O–H groups in total. The lowest BCUT2D eigenvalue weighted by atomic mass is 10.1. The molecule has 0 saturated heterocycles. The Hall–Kier alpha value is -0.550. The van der Waals surface area contributed by atoms with Crippen LogP contribution in [-0.2, 0) is 20.2 Å². The second-order valence-electron chi connectivity index (χ2n) is 5.13. The number of benzene rings is 1. The first kappa shape index (κ1) is 16.5. The van der Waals surface area contributed by atoms with E-state index in [1.807, 2.05) is 32.9 Å². The van der Waals surface area contributed by atoms with Crippen LogP contribution in [0.2, 0.25) is 0 Å². The van der Waals surface area contributed by atoms with Gasteiger partial charge in [-0.3, -0.25) is 0 Å². The standard InChI is InChI=1S/C14H18Br2O3/c1-14(2,3)19-13(17)9-18-12-5-10(7-15)4-11(6-12)8-16/h4-6H,7-9H2,1-3H3. The van der Waals surface area contributed by atoms with Gasteiger partial charge in [-0.15, -0.1) is 0 Å². The third kappa shape index (κ3) is 6.43. The third-order valence-electron chi connectivity index (χ3n) is 2.11. The van der Waals surface area contributed by atoms with Crippen LogP contribution in [0.5, 0.6) is 5.75 Å². The Balaban J connectivity index is 2.64. The molecule has 0 aliphatic heterocycles. The second-order valence-corrected chi connectivity index (χ2v) is 6.25. The minimum Gasteiger partial charge on any atom is -0.482 e. The summed E-state index contributed by atoms with van der Waals surface area (Å²) in [6, 6.07) is 5.89. The van der Waals surface area contributed by atoms with Crippen LogP contribution >= 0.6 is 31.9 Å². The zero-order valence-electron chi connectivity index (χ0n) is 11.3. The molecule has 0 atom stereocenters. The van der Waals surface area contributed by atoms with E-state index < -0.39 is 5.60 Å². The number of ether oxygens (including phenoxy) is 2. The summed E-state index contributed by atoms with van der Waals surface area (Å²) in [4.78, 5) is 11.6. The molecule has 0 aromatic heterocycles. The minimum atomic E-state index is -0.487. The molecule has 1 rings (SSSR count). The number of esters is 1. The molecule has 1 aromatic carbocycles. The summed E-state index contributed by atoms with van der Waals surface area (Å²) in [6.07, 6.45) is 0. The van der Waals surface area contributed by atoms with Crippen LogP contribution in [0.1, 0.15) is 31.9 Å². The maximum atomic E-state index is 11.6. The number of rotatable bonds is 5. The molecular weight excluding hydrogens is 376 g/mol. The lowest BCUT2D eigenvalue weighted by molar-refractivity contribution is -0.157. The lowest BCUT2D eigenvalue weighted by Gasteiger charge is -2.19. The first-order chi connectivity index (χ1) is 8.84. The van der Waals surface area contributed by atoms with Gasteiger partial charge in [0.1, 0.15) is 11.4 Å². The first-order valence-electron chi connectivity index (χ1n) is 5.93. The molecule has 0 bridgehead atoms. The Bertz CT molecular complexity index is 417. The molecule has 0 heterocycles. The van der Waals surface area contributed by atoms with Crippen molar-refractivity contribution in [3.05, 3.63) is 29.3 Å². The van der Waals surface area contributed by atoms with E-state index in [4.69, 9.17) is 9.47 Å². The highest BCUT2D eigenvalue weighted by atomic mass is 79.9. The monoisotopic (exact) mass is 392 g/mol. The number of carbonyl (C=O) groups is 1. The van der Waals surface area contributed by atoms with Crippen molar-refractivity contribution < 1.29 is 14.3 Å². The SMILES string of the molecule is CC(C)(C)OC(=O)COc1cc(CBr)cc(CBr)c1. The van der Waals surface area contributed by atoms with E-state index in [1.54, 1.807) is 0 Å². The molecule has 0 aliphatic rings. The van der Waals surface area contributed by atoms with E-state index in [-0.39, 0.29) is 12.6 Å². The highest BCUT2D eigenvalue weighted by molar-refractivity contribution is 9.08. The highest BCUT2D eigenvalue weighted by Crippen LogP contribution is 2.21. The van der Waals surface area contributed by atoms with Gasteiger partial charge in [0.05, 0.1) is 0 Å². The van der Waals surface area contributed by atoms with Crippen molar-refractivity contribution in [2.24, 2.45) is 0 Å². The van der Waals surface area contributed by atoms with Crippen molar-refractivity contribution in [3.63, 3.8) is 0 Å². The molecule has 19 heavy (non-hydrogen) atoms. The van der Waals surface area contributed by atoms with E-state index >= 15 is 0 Å². The van der Waals surface area contributed by atoms with E-state index in [2.05, 4.69) is 37.9 Å². The molecule has 3 nitrogen and oxygen atoms in total. The number of alkyl halides is 2. The third-order valence-corrected chi connectivity index (χ3v) is 3.41. The molecule has 1 aromatic rings. The largest absolute Gasteiger partial charge is 0.482 e. The topological polar surface area (TPSA) is 35.5 Å². The Kier molecular flexibility index (Phi) is 6.33. The van der Waals surface area contributed by atoms with Crippen molar-refractivity contribution in [1.29, 1.82) is 0 Å². The summed E-state index contributed by atoms with van der Waals surface area (Å²) in [5.74, 6) is 0.314. The zero-order chi connectivity index (χ0) is 14.5. The Morgan fingerprint density at radius 2 is 1.63 bits per heavy atom. The fourth-order valence-corrected chi connectivity index (χ4v) is 2.13. The molecule has 0 fully saturated rings. The fraction of sp³-hybridized carbons (Fsp3) is 0.500. The van der Waals surface area contributed by atoms with Crippen LogP contribution in [0.15, 0.2) is 18.2 Å². The fourth-order valence-electron chi connectivity index (χ4n) is 1.48. The van der Waals surface area contributed by atoms with Crippen LogP contribution in [0.3, 0.4) is 0 Å². The predicted molar refractivity (Wildman–Crippen MR) is 83.0 cm³/mol. The number of hydrogen-bond acceptors (Lipinski definition) is 3. The predicted octanol–water partition coefficient (Wildman–Crippen LogP) is 4.20. The average Bonchev–Trinajstić information content (AvgIpc) is 2.33. The maximum Gasteiger partial charge on any atom is 0.344 e. The number of halogens is 2. The average molecular weight is 394 g/mol. The Morgan fingerprint density at radius 3 is 2.05 bits per heavy atom. The molecule has 106 valence electrons. The van der Waals surface area contributed by atoms with Crippen molar-refractivity contribution in [1.82, 2.24) is 0 Å². The molecule has 0 radical (unpaired) electrons. The van der Waals surface area contributed by atoms with Crippen LogP contribution in [-0.4, -0.2) is 18.2 Å². The van der Waals surface area contributed by atoms with Gasteiger partial charge >= 0.3 is 5.97 Å². The Labute approximate surface area is 130 Å². The zero-order valence-corrected chi connectivity index (χ0v) is 14.5. The van der Waals surface area contributed by atoms with E-state index in [9.17, 15) is 4.79 Å². The van der Waals surface area contributed by atoms with Crippen LogP contribution in [0.4, 0.5) is 0 Å². The van der Waals surface area contributed by atoms with E-state index in [0.29, 0.717) is 5.75 Å². The smallest absolute Gasteiger partial charge is 0.344 e.